The van der Waals surface area contributed by atoms with Crippen LogP contribution in [0.25, 0.3) is 10.6 Å². The van der Waals surface area contributed by atoms with Crippen molar-refractivity contribution in [1.82, 2.24) is 4.98 Å². The number of hydrogen-bond donors (Lipinski definition) is 1. The minimum Gasteiger partial charge on any atom is -0.488 e. The van der Waals surface area contributed by atoms with Crippen LogP contribution in [0.3, 0.4) is 0 Å². The number of halogens is 1. The Morgan fingerprint density at radius 2 is 1.89 bits per heavy atom. The van der Waals surface area contributed by atoms with Gasteiger partial charge >= 0.3 is 5.97 Å². The minimum atomic E-state index is -1.17. The molecule has 3 rings (SSSR count). The number of carbonyl (C=O) groups is 1. The zero-order valence-electron chi connectivity index (χ0n) is 14.9. The summed E-state index contributed by atoms with van der Waals surface area (Å²) < 4.78 is 24.5. The highest BCUT2D eigenvalue weighted by atomic mass is 32.1. The lowest BCUT2D eigenvalue weighted by atomic mass is 10.2. The van der Waals surface area contributed by atoms with E-state index in [1.54, 1.807) is 0 Å². The number of benzene rings is 2. The summed E-state index contributed by atoms with van der Waals surface area (Å²) in [6, 6.07) is 12.2. The topological polar surface area (TPSA) is 68.7 Å². The molecule has 1 aromatic heterocycles. The monoisotopic (exact) mass is 387 g/mol. The molecule has 0 radical (unpaired) electrons. The van der Waals surface area contributed by atoms with E-state index in [1.165, 1.54) is 35.1 Å². The Kier molecular flexibility index (Phi) is 5.71. The molecular formula is C20H18FNO4S. The second-order valence-corrected chi connectivity index (χ2v) is 7.04. The van der Waals surface area contributed by atoms with Gasteiger partial charge in [0.15, 0.2) is 18.2 Å². The molecule has 1 heterocycles. The minimum absolute atomic E-state index is 0.125. The number of thiazole rings is 1. The standard InChI is InChI=1S/C20H18FNO4S/c1-12-3-5-14(6-4-12)20-22-13(2)18(27-20)10-25-15-7-8-17(16(21)9-15)26-11-19(23)24/h3-9H,10-11H2,1-2H3,(H,23,24). The SMILES string of the molecule is Cc1ccc(-c2nc(C)c(COc3ccc(OCC(=O)O)c(F)c3)s2)cc1. The molecule has 0 unspecified atom stereocenters. The summed E-state index contributed by atoms with van der Waals surface area (Å²) in [7, 11) is 0. The summed E-state index contributed by atoms with van der Waals surface area (Å²) in [5.41, 5.74) is 3.11. The van der Waals surface area contributed by atoms with Crippen molar-refractivity contribution < 1.29 is 23.8 Å². The smallest absolute Gasteiger partial charge is 0.341 e. The number of aliphatic carboxylic acids is 1. The van der Waals surface area contributed by atoms with Crippen LogP contribution in [0.1, 0.15) is 16.1 Å². The van der Waals surface area contributed by atoms with Crippen molar-refractivity contribution in [3.8, 4) is 22.1 Å². The second-order valence-electron chi connectivity index (χ2n) is 5.96. The van der Waals surface area contributed by atoms with Gasteiger partial charge in [0.25, 0.3) is 0 Å². The van der Waals surface area contributed by atoms with E-state index in [-0.39, 0.29) is 12.4 Å². The Hall–Kier alpha value is -2.93. The molecule has 0 atom stereocenters. The van der Waals surface area contributed by atoms with Crippen LogP contribution in [0.5, 0.6) is 11.5 Å². The fraction of sp³-hybridized carbons (Fsp3) is 0.200. The molecule has 1 N–H and O–H groups in total. The maximum absolute atomic E-state index is 14.0. The highest BCUT2D eigenvalue weighted by Crippen LogP contribution is 2.30. The van der Waals surface area contributed by atoms with E-state index < -0.39 is 18.4 Å². The number of carboxylic acids is 1. The van der Waals surface area contributed by atoms with E-state index in [1.807, 2.05) is 38.1 Å². The molecule has 0 fully saturated rings. The largest absolute Gasteiger partial charge is 0.488 e. The van der Waals surface area contributed by atoms with Gasteiger partial charge in [0.05, 0.1) is 10.6 Å². The van der Waals surface area contributed by atoms with Crippen LogP contribution in [0, 0.1) is 19.7 Å². The first-order valence-electron chi connectivity index (χ1n) is 8.22. The van der Waals surface area contributed by atoms with Gasteiger partial charge in [0.2, 0.25) is 0 Å². The first-order valence-corrected chi connectivity index (χ1v) is 9.04. The van der Waals surface area contributed by atoms with Gasteiger partial charge < -0.3 is 14.6 Å². The third kappa shape index (κ3) is 4.83. The third-order valence-electron chi connectivity index (χ3n) is 3.82. The first kappa shape index (κ1) is 18.8. The van der Waals surface area contributed by atoms with Gasteiger partial charge in [-0.25, -0.2) is 14.2 Å². The average Bonchev–Trinajstić information content (AvgIpc) is 3.00. The normalized spacial score (nSPS) is 10.6. The van der Waals surface area contributed by atoms with Gasteiger partial charge in [-0.3, -0.25) is 0 Å². The predicted molar refractivity (Wildman–Crippen MR) is 101 cm³/mol. The zero-order chi connectivity index (χ0) is 19.4. The maximum Gasteiger partial charge on any atom is 0.341 e. The average molecular weight is 387 g/mol. The fourth-order valence-electron chi connectivity index (χ4n) is 2.36. The van der Waals surface area contributed by atoms with Crippen molar-refractivity contribution in [2.75, 3.05) is 6.61 Å². The molecule has 5 nitrogen and oxygen atoms in total. The Bertz CT molecular complexity index is 953. The summed E-state index contributed by atoms with van der Waals surface area (Å²) in [5, 5.41) is 9.49. The van der Waals surface area contributed by atoms with Crippen LogP contribution in [-0.4, -0.2) is 22.7 Å². The molecule has 0 aliphatic carbocycles. The number of ether oxygens (including phenoxy) is 2. The van der Waals surface area contributed by atoms with Crippen LogP contribution in [0.4, 0.5) is 4.39 Å². The van der Waals surface area contributed by atoms with Crippen LogP contribution in [-0.2, 0) is 11.4 Å². The van der Waals surface area contributed by atoms with Gasteiger partial charge in [-0.15, -0.1) is 11.3 Å². The Labute approximate surface area is 160 Å². The number of aromatic nitrogens is 1. The Balaban J connectivity index is 1.67. The number of aryl methyl sites for hydroxylation is 2. The third-order valence-corrected chi connectivity index (χ3v) is 5.00. The Morgan fingerprint density at radius 1 is 1.15 bits per heavy atom. The Morgan fingerprint density at radius 3 is 2.56 bits per heavy atom. The molecule has 0 aliphatic rings. The van der Waals surface area contributed by atoms with Gasteiger partial charge in [-0.1, -0.05) is 29.8 Å². The van der Waals surface area contributed by atoms with E-state index in [0.29, 0.717) is 5.75 Å². The number of rotatable bonds is 7. The van der Waals surface area contributed by atoms with Gasteiger partial charge in [0.1, 0.15) is 17.4 Å². The van der Waals surface area contributed by atoms with E-state index in [4.69, 9.17) is 14.6 Å². The molecule has 0 saturated heterocycles. The van der Waals surface area contributed by atoms with Crippen LogP contribution < -0.4 is 9.47 Å². The lowest BCUT2D eigenvalue weighted by molar-refractivity contribution is -0.139. The molecule has 0 spiro atoms. The van der Waals surface area contributed by atoms with Crippen molar-refractivity contribution >= 4 is 17.3 Å². The zero-order valence-corrected chi connectivity index (χ0v) is 15.7. The van der Waals surface area contributed by atoms with Crippen molar-refractivity contribution in [2.45, 2.75) is 20.5 Å². The van der Waals surface area contributed by atoms with Crippen LogP contribution in [0.2, 0.25) is 0 Å². The van der Waals surface area contributed by atoms with E-state index in [0.717, 1.165) is 21.1 Å². The van der Waals surface area contributed by atoms with Crippen molar-refractivity contribution in [3.05, 3.63) is 64.4 Å². The molecule has 0 saturated carbocycles. The molecule has 27 heavy (non-hydrogen) atoms. The number of nitrogens with zero attached hydrogens (tertiary/aromatic N) is 1. The van der Waals surface area contributed by atoms with E-state index in [2.05, 4.69) is 4.98 Å². The highest BCUT2D eigenvalue weighted by Gasteiger charge is 2.12. The molecule has 7 heteroatoms. The molecule has 0 aliphatic heterocycles. The summed E-state index contributed by atoms with van der Waals surface area (Å²) in [6.45, 7) is 3.62. The van der Waals surface area contributed by atoms with Crippen LogP contribution in [0.15, 0.2) is 42.5 Å². The highest BCUT2D eigenvalue weighted by molar-refractivity contribution is 7.15. The van der Waals surface area contributed by atoms with E-state index in [9.17, 15) is 9.18 Å². The van der Waals surface area contributed by atoms with Crippen molar-refractivity contribution in [3.63, 3.8) is 0 Å². The molecule has 140 valence electrons. The van der Waals surface area contributed by atoms with Gasteiger partial charge in [0, 0.05) is 11.6 Å². The summed E-state index contributed by atoms with van der Waals surface area (Å²) in [4.78, 5) is 16.0. The predicted octanol–water partition coefficient (Wildman–Crippen LogP) is 4.61. The van der Waals surface area contributed by atoms with Crippen molar-refractivity contribution in [1.29, 1.82) is 0 Å². The van der Waals surface area contributed by atoms with E-state index >= 15 is 0 Å². The summed E-state index contributed by atoms with van der Waals surface area (Å²) in [5.74, 6) is -1.63. The lowest BCUT2D eigenvalue weighted by Crippen LogP contribution is -2.10. The second kappa shape index (κ2) is 8.18. The van der Waals surface area contributed by atoms with Crippen LogP contribution >= 0.6 is 11.3 Å². The number of hydrogen-bond acceptors (Lipinski definition) is 5. The molecular weight excluding hydrogens is 369 g/mol. The maximum atomic E-state index is 14.0. The molecule has 0 bridgehead atoms. The molecule has 0 amide bonds. The van der Waals surface area contributed by atoms with Gasteiger partial charge in [-0.2, -0.15) is 0 Å². The number of carboxylic acid groups (broad SMARTS) is 1. The molecule has 2 aromatic carbocycles. The summed E-state index contributed by atoms with van der Waals surface area (Å²) >= 11 is 1.54. The molecule has 3 aromatic rings. The quantitative estimate of drug-likeness (QED) is 0.641. The lowest BCUT2D eigenvalue weighted by Gasteiger charge is -2.08. The summed E-state index contributed by atoms with van der Waals surface area (Å²) in [6.07, 6.45) is 0. The first-order chi connectivity index (χ1) is 12.9. The van der Waals surface area contributed by atoms with Gasteiger partial charge in [-0.05, 0) is 26.0 Å². The fourth-order valence-corrected chi connectivity index (χ4v) is 3.34. The van der Waals surface area contributed by atoms with Crippen molar-refractivity contribution in [2.24, 2.45) is 0 Å².